The first-order chi connectivity index (χ1) is 25.3. The summed E-state index contributed by atoms with van der Waals surface area (Å²) in [5.74, 6) is 0. The van der Waals surface area contributed by atoms with E-state index in [9.17, 15) is 9.13 Å². The predicted molar refractivity (Wildman–Crippen MR) is 221 cm³/mol. The molecule has 8 N–H and O–H groups in total. The third-order valence-electron chi connectivity index (χ3n) is 8.64. The maximum Gasteiger partial charge on any atom is 0.331 e. The molecule has 0 radical (unpaired) electrons. The fourth-order valence-corrected chi connectivity index (χ4v) is 8.69. The highest BCUT2D eigenvalue weighted by Gasteiger charge is 2.27. The molecule has 0 aromatic heterocycles. The highest BCUT2D eigenvalue weighted by atomic mass is 31.2. The molecule has 0 aliphatic rings. The largest absolute Gasteiger partial charge is 0.331 e. The summed E-state index contributed by atoms with van der Waals surface area (Å²) >= 11 is 0. The molecule has 0 rings (SSSR count). The van der Waals surface area contributed by atoms with E-state index in [-0.39, 0.29) is 0 Å². The molecule has 310 valence electrons. The molecule has 52 heavy (non-hydrogen) atoms. The molecule has 0 heterocycles. The monoisotopic (exact) mass is 781 g/mol. The van der Waals surface area contributed by atoms with E-state index in [1.165, 1.54) is 25.7 Å². The van der Waals surface area contributed by atoms with Crippen molar-refractivity contribution in [2.24, 2.45) is 22.9 Å². The zero-order valence-electron chi connectivity index (χ0n) is 33.5. The standard InChI is InChI=1S/C38H82N6O6P2/c1-3-5-7-9-11-15-33-47-51(45,37-31-43(27-19-23-39)28-20-24-40)49-35-17-13-14-18-36-50-52(46,48-34-16-12-10-8-6-4-2)38-32-44(29-21-25-41)30-22-26-42/h9-12H,3-8,13-42H2,1-2H3/b11-9-,12-10-. The fraction of sp³-hybridized carbons (Fsp3) is 0.895. The number of allylic oxidation sites excluding steroid dienone is 2. The Kier molecular flexibility index (Phi) is 37.1. The molecule has 0 bridgehead atoms. The average molecular weight is 781 g/mol. The van der Waals surface area contributed by atoms with E-state index in [1.54, 1.807) is 0 Å². The number of nitrogens with zero attached hydrogens (tertiary/aromatic N) is 2. The average Bonchev–Trinajstić information content (AvgIpc) is 3.14. The highest BCUT2D eigenvalue weighted by molar-refractivity contribution is 7.54. The normalized spacial score (nSPS) is 14.7. The second kappa shape index (κ2) is 37.5. The molecule has 0 saturated heterocycles. The van der Waals surface area contributed by atoms with Gasteiger partial charge in [0.1, 0.15) is 0 Å². The van der Waals surface area contributed by atoms with Gasteiger partial charge in [-0.05, 0) is 117 Å². The van der Waals surface area contributed by atoms with Crippen LogP contribution in [0.3, 0.4) is 0 Å². The lowest BCUT2D eigenvalue weighted by molar-refractivity contribution is 0.190. The minimum Gasteiger partial charge on any atom is -0.330 e. The molecule has 0 aliphatic carbocycles. The van der Waals surface area contributed by atoms with Crippen LogP contribution < -0.4 is 22.9 Å². The molecule has 0 aromatic rings. The van der Waals surface area contributed by atoms with Gasteiger partial charge < -0.3 is 50.8 Å². The molecule has 0 spiro atoms. The topological polar surface area (TPSA) is 182 Å². The highest BCUT2D eigenvalue weighted by Crippen LogP contribution is 2.49. The van der Waals surface area contributed by atoms with Crippen LogP contribution in [0.25, 0.3) is 0 Å². The van der Waals surface area contributed by atoms with Crippen molar-refractivity contribution in [3.05, 3.63) is 24.3 Å². The first kappa shape index (κ1) is 51.5. The molecule has 0 aromatic carbocycles. The van der Waals surface area contributed by atoms with Gasteiger partial charge in [-0.1, -0.05) is 76.7 Å². The van der Waals surface area contributed by atoms with E-state index < -0.39 is 15.2 Å². The van der Waals surface area contributed by atoms with E-state index in [1.807, 2.05) is 0 Å². The quantitative estimate of drug-likeness (QED) is 0.0277. The lowest BCUT2D eigenvalue weighted by Crippen LogP contribution is -2.31. The summed E-state index contributed by atoms with van der Waals surface area (Å²) in [5, 5.41) is 0. The van der Waals surface area contributed by atoms with Gasteiger partial charge in [0.15, 0.2) is 0 Å². The van der Waals surface area contributed by atoms with Crippen molar-refractivity contribution < 1.29 is 27.2 Å². The molecule has 0 aliphatic heterocycles. The van der Waals surface area contributed by atoms with Crippen molar-refractivity contribution in [3.8, 4) is 0 Å². The SMILES string of the molecule is CCCC/C=C\CCOP(=O)(CCN(CCCN)CCCN)OCCCCCCOP(=O)(CCN(CCCN)CCCN)OCC/C=C\CCCC. The number of hydrogen-bond acceptors (Lipinski definition) is 12. The van der Waals surface area contributed by atoms with E-state index in [4.69, 9.17) is 41.0 Å². The Morgan fingerprint density at radius 3 is 1.08 bits per heavy atom. The first-order valence-electron chi connectivity index (χ1n) is 20.6. The lowest BCUT2D eigenvalue weighted by Gasteiger charge is -2.25. The summed E-state index contributed by atoms with van der Waals surface area (Å²) in [6.45, 7) is 12.9. The Morgan fingerprint density at radius 2 is 0.750 bits per heavy atom. The van der Waals surface area contributed by atoms with Gasteiger partial charge in [-0.25, -0.2) is 0 Å². The Bertz CT molecular complexity index is 844. The first-order valence-corrected chi connectivity index (χ1v) is 24.1. The molecular weight excluding hydrogens is 698 g/mol. The second-order valence-electron chi connectivity index (χ2n) is 13.5. The van der Waals surface area contributed by atoms with Gasteiger partial charge in [-0.3, -0.25) is 9.13 Å². The Labute approximate surface area is 319 Å². The van der Waals surface area contributed by atoms with Crippen LogP contribution in [0.2, 0.25) is 0 Å². The van der Waals surface area contributed by atoms with E-state index >= 15 is 0 Å². The molecule has 0 amide bonds. The molecule has 14 heteroatoms. The zero-order valence-corrected chi connectivity index (χ0v) is 35.3. The summed E-state index contributed by atoms with van der Waals surface area (Å²) < 4.78 is 51.5. The van der Waals surface area contributed by atoms with Crippen LogP contribution in [0.4, 0.5) is 0 Å². The third kappa shape index (κ3) is 31.8. The van der Waals surface area contributed by atoms with Crippen LogP contribution in [0, 0.1) is 0 Å². The maximum absolute atomic E-state index is 13.8. The van der Waals surface area contributed by atoms with Gasteiger partial charge in [0.05, 0.1) is 38.8 Å². The molecular formula is C38H82N6O6P2. The Morgan fingerprint density at radius 1 is 0.423 bits per heavy atom. The van der Waals surface area contributed by atoms with Crippen LogP contribution in [0.15, 0.2) is 24.3 Å². The van der Waals surface area contributed by atoms with Crippen LogP contribution in [0.5, 0.6) is 0 Å². The van der Waals surface area contributed by atoms with Crippen molar-refractivity contribution in [3.63, 3.8) is 0 Å². The summed E-state index contributed by atoms with van der Waals surface area (Å²) in [5.41, 5.74) is 23.0. The van der Waals surface area contributed by atoms with E-state index in [0.717, 1.165) is 90.4 Å². The van der Waals surface area contributed by atoms with E-state index in [0.29, 0.717) is 90.9 Å². The molecule has 12 nitrogen and oxygen atoms in total. The van der Waals surface area contributed by atoms with Gasteiger partial charge in [0, 0.05) is 13.1 Å². The van der Waals surface area contributed by atoms with Crippen molar-refractivity contribution in [1.29, 1.82) is 0 Å². The molecule has 0 fully saturated rings. The van der Waals surface area contributed by atoms with Crippen molar-refractivity contribution in [1.82, 2.24) is 9.80 Å². The number of hydrogen-bond donors (Lipinski definition) is 4. The van der Waals surface area contributed by atoms with Gasteiger partial charge in [0.2, 0.25) is 0 Å². The van der Waals surface area contributed by atoms with E-state index in [2.05, 4.69) is 48.0 Å². The zero-order chi connectivity index (χ0) is 38.4. The Hall–Kier alpha value is -0.460. The second-order valence-corrected chi connectivity index (χ2v) is 17.8. The fourth-order valence-electron chi connectivity index (χ4n) is 5.39. The summed E-state index contributed by atoms with van der Waals surface area (Å²) in [7, 11) is -6.55. The number of unbranched alkanes of at least 4 members (excludes halogenated alkanes) is 7. The van der Waals surface area contributed by atoms with Crippen LogP contribution in [-0.4, -0.2) is 114 Å². The minimum atomic E-state index is -3.27. The predicted octanol–water partition coefficient (Wildman–Crippen LogP) is 7.27. The number of rotatable bonds is 41. The van der Waals surface area contributed by atoms with Gasteiger partial charge >= 0.3 is 15.2 Å². The molecule has 0 saturated carbocycles. The minimum absolute atomic E-state index is 0.342. The Balaban J connectivity index is 4.99. The maximum atomic E-state index is 13.8. The third-order valence-corrected chi connectivity index (χ3v) is 12.4. The van der Waals surface area contributed by atoms with Crippen LogP contribution in [0.1, 0.15) is 117 Å². The number of nitrogens with two attached hydrogens (primary N) is 4. The smallest absolute Gasteiger partial charge is 0.330 e. The van der Waals surface area contributed by atoms with Gasteiger partial charge in [-0.15, -0.1) is 0 Å². The molecule has 2 unspecified atom stereocenters. The summed E-state index contributed by atoms with van der Waals surface area (Å²) in [4.78, 5) is 4.52. The van der Waals surface area contributed by atoms with Gasteiger partial charge in [0.25, 0.3) is 0 Å². The summed E-state index contributed by atoms with van der Waals surface area (Å²) in [6, 6.07) is 0. The molecule has 2 atom stereocenters. The van der Waals surface area contributed by atoms with Crippen LogP contribution in [-0.2, 0) is 27.2 Å². The van der Waals surface area contributed by atoms with Crippen molar-refractivity contribution >= 4 is 15.2 Å². The lowest BCUT2D eigenvalue weighted by atomic mass is 10.2. The van der Waals surface area contributed by atoms with Crippen molar-refractivity contribution in [2.45, 2.75) is 117 Å². The van der Waals surface area contributed by atoms with Crippen LogP contribution >= 0.6 is 15.2 Å². The van der Waals surface area contributed by atoms with Crippen molar-refractivity contribution in [2.75, 3.05) is 104 Å². The van der Waals surface area contributed by atoms with Gasteiger partial charge in [-0.2, -0.15) is 0 Å². The summed E-state index contributed by atoms with van der Waals surface area (Å²) in [6.07, 6.45) is 24.2.